The summed E-state index contributed by atoms with van der Waals surface area (Å²) < 4.78 is 10.8. The number of hydrogen-bond acceptors (Lipinski definition) is 6. The molecular weight excluding hydrogens is 391 g/mol. The molecule has 1 aromatic carbocycles. The second kappa shape index (κ2) is 7.66. The number of halogens is 2. The van der Waals surface area contributed by atoms with E-state index in [0.717, 1.165) is 25.7 Å². The molecule has 2 N–H and O–H groups in total. The van der Waals surface area contributed by atoms with Crippen LogP contribution in [0.4, 0.5) is 5.69 Å². The first kappa shape index (κ1) is 19.9. The first-order chi connectivity index (χ1) is 12.5. The zero-order chi connectivity index (χ0) is 18.3. The molecule has 4 rings (SSSR count). The third-order valence-corrected chi connectivity index (χ3v) is 5.52. The molecule has 1 atom stereocenters. The smallest absolute Gasteiger partial charge is 0.232 e. The van der Waals surface area contributed by atoms with E-state index in [2.05, 4.69) is 10.1 Å². The van der Waals surface area contributed by atoms with Crippen LogP contribution in [0.15, 0.2) is 22.7 Å². The number of rotatable bonds is 4. The van der Waals surface area contributed by atoms with Crippen molar-refractivity contribution in [1.29, 1.82) is 0 Å². The van der Waals surface area contributed by atoms with Gasteiger partial charge in [0.05, 0.1) is 24.3 Å². The molecule has 9 heteroatoms. The van der Waals surface area contributed by atoms with Crippen LogP contribution < -0.4 is 15.4 Å². The van der Waals surface area contributed by atoms with Crippen LogP contribution in [-0.4, -0.2) is 29.7 Å². The fourth-order valence-electron chi connectivity index (χ4n) is 3.81. The number of aromatic nitrogens is 2. The van der Waals surface area contributed by atoms with E-state index in [9.17, 15) is 4.79 Å². The lowest BCUT2D eigenvalue weighted by atomic mass is 9.98. The molecule has 2 aliphatic rings. The second-order valence-corrected chi connectivity index (χ2v) is 7.48. The number of anilines is 1. The van der Waals surface area contributed by atoms with Gasteiger partial charge in [-0.1, -0.05) is 29.6 Å². The molecule has 146 valence electrons. The number of methoxy groups -OCH3 is 1. The average Bonchev–Trinajstić information content (AvgIpc) is 3.34. The number of benzene rings is 1. The summed E-state index contributed by atoms with van der Waals surface area (Å²) in [5.74, 6) is 1.42. The van der Waals surface area contributed by atoms with Crippen molar-refractivity contribution in [2.45, 2.75) is 43.6 Å². The highest BCUT2D eigenvalue weighted by Crippen LogP contribution is 2.39. The van der Waals surface area contributed by atoms with E-state index in [-0.39, 0.29) is 24.2 Å². The predicted octanol–water partition coefficient (Wildman–Crippen LogP) is 3.40. The molecule has 1 aliphatic carbocycles. The third kappa shape index (κ3) is 3.63. The zero-order valence-electron chi connectivity index (χ0n) is 15.0. The fraction of sp³-hybridized carbons (Fsp3) is 0.500. The SMILES string of the molecule is COc1ccc(Cl)cc1N1CC(c2nc(C3(N)CCCC3)no2)CC1=O.Cl. The van der Waals surface area contributed by atoms with E-state index in [1.54, 1.807) is 30.2 Å². The largest absolute Gasteiger partial charge is 0.495 e. The Kier molecular flexibility index (Phi) is 5.65. The summed E-state index contributed by atoms with van der Waals surface area (Å²) in [7, 11) is 1.57. The standard InChI is InChI=1S/C18H21ClN4O3.ClH/c1-25-14-5-4-12(19)9-13(14)23-10-11(8-15(23)24)16-21-17(22-26-16)18(20)6-2-3-7-18;/h4-5,9,11H,2-3,6-8,10,20H2,1H3;1H. The van der Waals surface area contributed by atoms with Gasteiger partial charge in [-0.3, -0.25) is 4.79 Å². The molecule has 0 spiro atoms. The van der Waals surface area contributed by atoms with Crippen LogP contribution in [0.25, 0.3) is 0 Å². The van der Waals surface area contributed by atoms with Gasteiger partial charge in [0.25, 0.3) is 0 Å². The molecule has 1 unspecified atom stereocenters. The molecule has 1 aromatic heterocycles. The van der Waals surface area contributed by atoms with E-state index >= 15 is 0 Å². The van der Waals surface area contributed by atoms with E-state index in [0.29, 0.717) is 41.1 Å². The van der Waals surface area contributed by atoms with E-state index in [1.807, 2.05) is 0 Å². The highest BCUT2D eigenvalue weighted by molar-refractivity contribution is 6.31. The van der Waals surface area contributed by atoms with Gasteiger partial charge < -0.3 is 19.9 Å². The molecule has 2 fully saturated rings. The number of nitrogens with two attached hydrogens (primary N) is 1. The van der Waals surface area contributed by atoms with Crippen molar-refractivity contribution < 1.29 is 14.1 Å². The highest BCUT2D eigenvalue weighted by atomic mass is 35.5. The minimum absolute atomic E-state index is 0. The lowest BCUT2D eigenvalue weighted by molar-refractivity contribution is -0.117. The minimum atomic E-state index is -0.500. The van der Waals surface area contributed by atoms with E-state index in [1.165, 1.54) is 0 Å². The summed E-state index contributed by atoms with van der Waals surface area (Å²) in [5, 5.41) is 4.64. The summed E-state index contributed by atoms with van der Waals surface area (Å²) in [5.41, 5.74) is 6.55. The van der Waals surface area contributed by atoms with Gasteiger partial charge in [-0.15, -0.1) is 12.4 Å². The predicted molar refractivity (Wildman–Crippen MR) is 104 cm³/mol. The molecule has 1 amide bonds. The Morgan fingerprint density at radius 2 is 2.11 bits per heavy atom. The monoisotopic (exact) mass is 412 g/mol. The average molecular weight is 413 g/mol. The van der Waals surface area contributed by atoms with Gasteiger partial charge in [-0.05, 0) is 31.0 Å². The summed E-state index contributed by atoms with van der Waals surface area (Å²) in [6.45, 7) is 0.439. The minimum Gasteiger partial charge on any atom is -0.495 e. The summed E-state index contributed by atoms with van der Waals surface area (Å²) in [6, 6.07) is 5.21. The van der Waals surface area contributed by atoms with Crippen LogP contribution in [0.2, 0.25) is 5.02 Å². The number of nitrogens with zero attached hydrogens (tertiary/aromatic N) is 3. The number of ether oxygens (including phenoxy) is 1. The maximum absolute atomic E-state index is 12.6. The molecule has 1 saturated carbocycles. The fourth-order valence-corrected chi connectivity index (χ4v) is 3.98. The number of carbonyl (C=O) groups excluding carboxylic acids is 1. The summed E-state index contributed by atoms with van der Waals surface area (Å²) >= 11 is 6.10. The number of hydrogen-bond donors (Lipinski definition) is 1. The maximum atomic E-state index is 12.6. The Bertz CT molecular complexity index is 836. The van der Waals surface area contributed by atoms with Gasteiger partial charge in [0.1, 0.15) is 5.75 Å². The Balaban J connectivity index is 0.00000210. The Morgan fingerprint density at radius 1 is 1.37 bits per heavy atom. The molecule has 0 radical (unpaired) electrons. The van der Waals surface area contributed by atoms with E-state index in [4.69, 9.17) is 26.6 Å². The van der Waals surface area contributed by atoms with E-state index < -0.39 is 5.54 Å². The van der Waals surface area contributed by atoms with Crippen molar-refractivity contribution in [1.82, 2.24) is 10.1 Å². The summed E-state index contributed by atoms with van der Waals surface area (Å²) in [4.78, 5) is 18.8. The van der Waals surface area contributed by atoms with Crippen LogP contribution in [0.5, 0.6) is 5.75 Å². The van der Waals surface area contributed by atoms with Crippen LogP contribution in [-0.2, 0) is 10.3 Å². The van der Waals surface area contributed by atoms with Crippen molar-refractivity contribution >= 4 is 35.6 Å². The highest BCUT2D eigenvalue weighted by Gasteiger charge is 2.40. The van der Waals surface area contributed by atoms with Crippen molar-refractivity contribution in [3.05, 3.63) is 34.9 Å². The lowest BCUT2D eigenvalue weighted by Crippen LogP contribution is -2.34. The first-order valence-electron chi connectivity index (χ1n) is 8.77. The first-order valence-corrected chi connectivity index (χ1v) is 9.15. The number of carbonyl (C=O) groups is 1. The Hall–Kier alpha value is -1.83. The Labute approximate surface area is 168 Å². The molecule has 7 nitrogen and oxygen atoms in total. The van der Waals surface area contributed by atoms with Crippen LogP contribution >= 0.6 is 24.0 Å². The number of amides is 1. The van der Waals surface area contributed by atoms with Crippen LogP contribution in [0.1, 0.15) is 49.7 Å². The van der Waals surface area contributed by atoms with Crippen molar-refractivity contribution in [3.8, 4) is 5.75 Å². The normalized spacial score (nSPS) is 21.4. The van der Waals surface area contributed by atoms with Crippen molar-refractivity contribution in [2.24, 2.45) is 5.73 Å². The molecule has 27 heavy (non-hydrogen) atoms. The molecule has 2 heterocycles. The van der Waals surface area contributed by atoms with Crippen molar-refractivity contribution in [3.63, 3.8) is 0 Å². The van der Waals surface area contributed by atoms with Gasteiger partial charge in [-0.2, -0.15) is 4.98 Å². The topological polar surface area (TPSA) is 94.5 Å². The zero-order valence-corrected chi connectivity index (χ0v) is 16.6. The second-order valence-electron chi connectivity index (χ2n) is 7.04. The summed E-state index contributed by atoms with van der Waals surface area (Å²) in [6.07, 6.45) is 4.17. The van der Waals surface area contributed by atoms with Gasteiger partial charge in [-0.25, -0.2) is 0 Å². The molecular formula is C18H22Cl2N4O3. The van der Waals surface area contributed by atoms with Gasteiger partial charge >= 0.3 is 0 Å². The van der Waals surface area contributed by atoms with Crippen LogP contribution in [0, 0.1) is 0 Å². The van der Waals surface area contributed by atoms with Gasteiger partial charge in [0.15, 0.2) is 5.82 Å². The molecule has 1 saturated heterocycles. The quantitative estimate of drug-likeness (QED) is 0.826. The lowest BCUT2D eigenvalue weighted by Gasteiger charge is -2.19. The van der Waals surface area contributed by atoms with Crippen molar-refractivity contribution in [2.75, 3.05) is 18.6 Å². The van der Waals surface area contributed by atoms with Crippen LogP contribution in [0.3, 0.4) is 0 Å². The molecule has 1 aliphatic heterocycles. The van der Waals surface area contributed by atoms with Gasteiger partial charge in [0, 0.05) is 18.0 Å². The maximum Gasteiger partial charge on any atom is 0.232 e. The van der Waals surface area contributed by atoms with Gasteiger partial charge in [0.2, 0.25) is 11.8 Å². The third-order valence-electron chi connectivity index (χ3n) is 5.29. The molecule has 0 bridgehead atoms. The Morgan fingerprint density at radius 3 is 2.81 bits per heavy atom. The molecule has 2 aromatic rings.